The molecular formula is C20H23ClN4S. The van der Waals surface area contributed by atoms with Crippen molar-refractivity contribution >= 4 is 39.0 Å². The Morgan fingerprint density at radius 1 is 1.15 bits per heavy atom. The van der Waals surface area contributed by atoms with Gasteiger partial charge in [-0.15, -0.1) is 11.3 Å². The van der Waals surface area contributed by atoms with Crippen LogP contribution in [0.15, 0.2) is 24.3 Å². The summed E-state index contributed by atoms with van der Waals surface area (Å²) in [4.78, 5) is 13.8. The van der Waals surface area contributed by atoms with Crippen LogP contribution < -0.4 is 10.2 Å². The lowest BCUT2D eigenvalue weighted by Crippen LogP contribution is -2.28. The van der Waals surface area contributed by atoms with Gasteiger partial charge in [0.2, 0.25) is 5.28 Å². The molecule has 1 aliphatic rings. The standard InChI is InChI=1S/C20H23ClN4S/c1-3-14-5-7-15(8-6-14)16-13(2)26-19-17(16)18(23-20(21)24-19)25-11-4-9-22-10-12-25/h5-8,22H,3-4,9-12H2,1-2H3. The fourth-order valence-corrected chi connectivity index (χ4v) is 4.86. The van der Waals surface area contributed by atoms with E-state index in [-0.39, 0.29) is 0 Å². The third-order valence-corrected chi connectivity index (χ3v) is 6.14. The molecule has 0 bridgehead atoms. The zero-order chi connectivity index (χ0) is 18.1. The molecule has 0 unspecified atom stereocenters. The van der Waals surface area contributed by atoms with Crippen molar-refractivity contribution in [1.29, 1.82) is 0 Å². The summed E-state index contributed by atoms with van der Waals surface area (Å²) in [6, 6.07) is 8.86. The molecule has 136 valence electrons. The molecule has 0 atom stereocenters. The summed E-state index contributed by atoms with van der Waals surface area (Å²) in [6.45, 7) is 8.28. The van der Waals surface area contributed by atoms with Crippen LogP contribution in [0.5, 0.6) is 0 Å². The van der Waals surface area contributed by atoms with E-state index in [1.165, 1.54) is 21.6 Å². The number of nitrogens with zero attached hydrogens (tertiary/aromatic N) is 3. The summed E-state index contributed by atoms with van der Waals surface area (Å²) < 4.78 is 0. The molecule has 4 nitrogen and oxygen atoms in total. The highest BCUT2D eigenvalue weighted by Crippen LogP contribution is 2.42. The molecule has 26 heavy (non-hydrogen) atoms. The van der Waals surface area contributed by atoms with E-state index in [0.29, 0.717) is 5.28 Å². The van der Waals surface area contributed by atoms with Crippen molar-refractivity contribution in [2.24, 2.45) is 0 Å². The van der Waals surface area contributed by atoms with Gasteiger partial charge in [0, 0.05) is 30.1 Å². The molecule has 3 heterocycles. The van der Waals surface area contributed by atoms with Crippen LogP contribution in [0.25, 0.3) is 21.3 Å². The maximum absolute atomic E-state index is 6.27. The minimum Gasteiger partial charge on any atom is -0.355 e. The Morgan fingerprint density at radius 2 is 1.96 bits per heavy atom. The van der Waals surface area contributed by atoms with Crippen molar-refractivity contribution in [3.05, 3.63) is 40.0 Å². The first-order valence-corrected chi connectivity index (χ1v) is 10.4. The van der Waals surface area contributed by atoms with Gasteiger partial charge in [-0.2, -0.15) is 4.98 Å². The number of nitrogens with one attached hydrogen (secondary N) is 1. The maximum Gasteiger partial charge on any atom is 0.225 e. The van der Waals surface area contributed by atoms with Gasteiger partial charge in [-0.3, -0.25) is 0 Å². The molecule has 0 amide bonds. The Kier molecular flexibility index (Phi) is 5.11. The van der Waals surface area contributed by atoms with Gasteiger partial charge in [-0.05, 0) is 49.0 Å². The van der Waals surface area contributed by atoms with E-state index >= 15 is 0 Å². The van der Waals surface area contributed by atoms with E-state index in [2.05, 4.69) is 58.3 Å². The van der Waals surface area contributed by atoms with Crippen LogP contribution in [0.4, 0.5) is 5.82 Å². The summed E-state index contributed by atoms with van der Waals surface area (Å²) in [7, 11) is 0. The summed E-state index contributed by atoms with van der Waals surface area (Å²) >= 11 is 7.98. The Bertz CT molecular complexity index is 912. The third-order valence-electron chi connectivity index (χ3n) is 4.97. The van der Waals surface area contributed by atoms with Crippen molar-refractivity contribution in [2.75, 3.05) is 31.1 Å². The van der Waals surface area contributed by atoms with Crippen LogP contribution in [0.3, 0.4) is 0 Å². The number of benzene rings is 1. The van der Waals surface area contributed by atoms with E-state index < -0.39 is 0 Å². The molecule has 1 N–H and O–H groups in total. The fraction of sp³-hybridized carbons (Fsp3) is 0.400. The predicted octanol–water partition coefficient (Wildman–Crippen LogP) is 4.68. The van der Waals surface area contributed by atoms with Crippen molar-refractivity contribution < 1.29 is 0 Å². The molecule has 0 saturated carbocycles. The highest BCUT2D eigenvalue weighted by Gasteiger charge is 2.22. The Labute approximate surface area is 163 Å². The Hall–Kier alpha value is -1.69. The van der Waals surface area contributed by atoms with Gasteiger partial charge in [-0.25, -0.2) is 4.98 Å². The van der Waals surface area contributed by atoms with Crippen LogP contribution in [0, 0.1) is 6.92 Å². The lowest BCUT2D eigenvalue weighted by Gasteiger charge is -2.22. The van der Waals surface area contributed by atoms with Crippen LogP contribution >= 0.6 is 22.9 Å². The van der Waals surface area contributed by atoms with Crippen LogP contribution in [0.1, 0.15) is 23.8 Å². The van der Waals surface area contributed by atoms with Crippen LogP contribution in [0.2, 0.25) is 5.28 Å². The second kappa shape index (κ2) is 7.51. The van der Waals surface area contributed by atoms with Gasteiger partial charge in [0.25, 0.3) is 0 Å². The van der Waals surface area contributed by atoms with Crippen molar-refractivity contribution in [1.82, 2.24) is 15.3 Å². The zero-order valence-electron chi connectivity index (χ0n) is 15.2. The molecular weight excluding hydrogens is 364 g/mol. The molecule has 0 radical (unpaired) electrons. The van der Waals surface area contributed by atoms with Crippen molar-refractivity contribution in [3.63, 3.8) is 0 Å². The Morgan fingerprint density at radius 3 is 2.73 bits per heavy atom. The number of fused-ring (bicyclic) bond motifs is 1. The van der Waals surface area contributed by atoms with E-state index in [0.717, 1.165) is 55.1 Å². The topological polar surface area (TPSA) is 41.1 Å². The normalized spacial score (nSPS) is 15.4. The first kappa shape index (κ1) is 17.7. The summed E-state index contributed by atoms with van der Waals surface area (Å²) in [5.41, 5.74) is 3.83. The monoisotopic (exact) mass is 386 g/mol. The minimum absolute atomic E-state index is 0.332. The summed E-state index contributed by atoms with van der Waals surface area (Å²) in [5, 5.41) is 4.93. The number of hydrogen-bond acceptors (Lipinski definition) is 5. The fourth-order valence-electron chi connectivity index (χ4n) is 3.61. The predicted molar refractivity (Wildman–Crippen MR) is 112 cm³/mol. The number of hydrogen-bond donors (Lipinski definition) is 1. The average Bonchev–Trinajstić information content (AvgIpc) is 2.82. The lowest BCUT2D eigenvalue weighted by atomic mass is 10.0. The smallest absolute Gasteiger partial charge is 0.225 e. The second-order valence-corrected chi connectivity index (χ2v) is 8.21. The maximum atomic E-state index is 6.27. The lowest BCUT2D eigenvalue weighted by molar-refractivity contribution is 0.724. The number of halogens is 1. The molecule has 0 spiro atoms. The molecule has 4 rings (SSSR count). The van der Waals surface area contributed by atoms with Crippen molar-refractivity contribution in [2.45, 2.75) is 26.7 Å². The summed E-state index contributed by atoms with van der Waals surface area (Å²) in [5.74, 6) is 0.975. The van der Waals surface area contributed by atoms with Gasteiger partial charge in [-0.1, -0.05) is 31.2 Å². The summed E-state index contributed by atoms with van der Waals surface area (Å²) in [6.07, 6.45) is 2.15. The zero-order valence-corrected chi connectivity index (χ0v) is 16.8. The number of rotatable bonds is 3. The number of anilines is 1. The van der Waals surface area contributed by atoms with Gasteiger partial charge >= 0.3 is 0 Å². The van der Waals surface area contributed by atoms with Crippen molar-refractivity contribution in [3.8, 4) is 11.1 Å². The SMILES string of the molecule is CCc1ccc(-c2c(C)sc3nc(Cl)nc(N4CCCNCC4)c23)cc1. The average molecular weight is 387 g/mol. The molecule has 1 saturated heterocycles. The van der Waals surface area contributed by atoms with E-state index in [9.17, 15) is 0 Å². The quantitative estimate of drug-likeness (QED) is 0.663. The van der Waals surface area contributed by atoms with E-state index in [1.807, 2.05) is 0 Å². The molecule has 0 aliphatic carbocycles. The Balaban J connectivity index is 1.90. The number of thiophene rings is 1. The number of aromatic nitrogens is 2. The van der Waals surface area contributed by atoms with Gasteiger partial charge in [0.15, 0.2) is 0 Å². The highest BCUT2D eigenvalue weighted by atomic mass is 35.5. The molecule has 1 aromatic carbocycles. The largest absolute Gasteiger partial charge is 0.355 e. The molecule has 2 aromatic heterocycles. The van der Waals surface area contributed by atoms with Gasteiger partial charge < -0.3 is 10.2 Å². The van der Waals surface area contributed by atoms with Crippen LogP contribution in [-0.2, 0) is 6.42 Å². The molecule has 3 aromatic rings. The molecule has 6 heteroatoms. The highest BCUT2D eigenvalue weighted by molar-refractivity contribution is 7.19. The third kappa shape index (κ3) is 3.31. The first-order chi connectivity index (χ1) is 12.7. The number of aryl methyl sites for hydroxylation is 2. The van der Waals surface area contributed by atoms with E-state index in [1.54, 1.807) is 11.3 Å². The van der Waals surface area contributed by atoms with Gasteiger partial charge in [0.1, 0.15) is 10.6 Å². The molecule has 1 aliphatic heterocycles. The minimum atomic E-state index is 0.332. The first-order valence-electron chi connectivity index (χ1n) is 9.19. The van der Waals surface area contributed by atoms with Crippen LogP contribution in [-0.4, -0.2) is 36.1 Å². The second-order valence-electron chi connectivity index (χ2n) is 6.67. The molecule has 1 fully saturated rings. The van der Waals surface area contributed by atoms with Gasteiger partial charge in [0.05, 0.1) is 5.39 Å². The van der Waals surface area contributed by atoms with E-state index in [4.69, 9.17) is 11.6 Å².